The van der Waals surface area contributed by atoms with Gasteiger partial charge in [0.15, 0.2) is 0 Å². The zero-order chi connectivity index (χ0) is 14.0. The second kappa shape index (κ2) is 6.20. The number of rotatable bonds is 4. The summed E-state index contributed by atoms with van der Waals surface area (Å²) in [6.07, 6.45) is 1.84. The summed E-state index contributed by atoms with van der Waals surface area (Å²) >= 11 is 7.29. The van der Waals surface area contributed by atoms with E-state index in [0.717, 1.165) is 21.2 Å². The van der Waals surface area contributed by atoms with Gasteiger partial charge in [0.1, 0.15) is 0 Å². The SMILES string of the molecule is CCNC(c1cccc(C)c1Br)c1c(Br)cnn1C. The second-order valence-corrected chi connectivity index (χ2v) is 6.12. The molecule has 2 rings (SSSR count). The average molecular weight is 387 g/mol. The third-order valence-electron chi connectivity index (χ3n) is 3.15. The van der Waals surface area contributed by atoms with Crippen LogP contribution in [0.5, 0.6) is 0 Å². The van der Waals surface area contributed by atoms with Crippen molar-refractivity contribution in [1.82, 2.24) is 15.1 Å². The van der Waals surface area contributed by atoms with Crippen LogP contribution >= 0.6 is 31.9 Å². The molecular weight excluding hydrogens is 370 g/mol. The van der Waals surface area contributed by atoms with Crippen LogP contribution < -0.4 is 5.32 Å². The molecule has 0 saturated heterocycles. The van der Waals surface area contributed by atoms with Crippen LogP contribution in [0.2, 0.25) is 0 Å². The number of nitrogens with zero attached hydrogens (tertiary/aromatic N) is 2. The molecule has 0 aliphatic carbocycles. The Kier molecular flexibility index (Phi) is 4.81. The number of hydrogen-bond acceptors (Lipinski definition) is 2. The summed E-state index contributed by atoms with van der Waals surface area (Å²) in [5, 5.41) is 7.84. The summed E-state index contributed by atoms with van der Waals surface area (Å²) in [5.41, 5.74) is 3.60. The van der Waals surface area contributed by atoms with Crippen LogP contribution in [-0.2, 0) is 7.05 Å². The van der Waals surface area contributed by atoms with Gasteiger partial charge >= 0.3 is 0 Å². The number of nitrogens with one attached hydrogen (secondary N) is 1. The Balaban J connectivity index is 2.55. The maximum atomic E-state index is 4.31. The highest BCUT2D eigenvalue weighted by atomic mass is 79.9. The Morgan fingerprint density at radius 1 is 1.37 bits per heavy atom. The minimum Gasteiger partial charge on any atom is -0.305 e. The fourth-order valence-corrected chi connectivity index (χ4v) is 3.27. The first-order valence-electron chi connectivity index (χ1n) is 6.22. The van der Waals surface area contributed by atoms with E-state index in [2.05, 4.69) is 74.3 Å². The second-order valence-electron chi connectivity index (χ2n) is 4.47. The van der Waals surface area contributed by atoms with Crippen LogP contribution in [-0.4, -0.2) is 16.3 Å². The maximum absolute atomic E-state index is 4.31. The van der Waals surface area contributed by atoms with Crippen molar-refractivity contribution in [2.45, 2.75) is 19.9 Å². The Hall–Kier alpha value is -0.650. The van der Waals surface area contributed by atoms with Gasteiger partial charge in [0.05, 0.1) is 22.4 Å². The lowest BCUT2D eigenvalue weighted by Crippen LogP contribution is -2.25. The highest BCUT2D eigenvalue weighted by Gasteiger charge is 2.22. The van der Waals surface area contributed by atoms with Gasteiger partial charge in [-0.3, -0.25) is 4.68 Å². The number of halogens is 2. The molecule has 5 heteroatoms. The van der Waals surface area contributed by atoms with Crippen LogP contribution in [0, 0.1) is 6.92 Å². The zero-order valence-corrected chi connectivity index (χ0v) is 14.4. The van der Waals surface area contributed by atoms with Crippen molar-refractivity contribution < 1.29 is 0 Å². The van der Waals surface area contributed by atoms with Gasteiger partial charge in [-0.15, -0.1) is 0 Å². The summed E-state index contributed by atoms with van der Waals surface area (Å²) < 4.78 is 4.08. The molecule has 1 aromatic heterocycles. The van der Waals surface area contributed by atoms with E-state index in [1.54, 1.807) is 0 Å². The summed E-state index contributed by atoms with van der Waals surface area (Å²) in [7, 11) is 1.97. The minimum absolute atomic E-state index is 0.112. The lowest BCUT2D eigenvalue weighted by atomic mass is 10.0. The molecule has 0 amide bonds. The van der Waals surface area contributed by atoms with E-state index in [1.807, 2.05) is 17.9 Å². The van der Waals surface area contributed by atoms with Crippen LogP contribution in [0.15, 0.2) is 33.3 Å². The van der Waals surface area contributed by atoms with Gasteiger partial charge in [-0.1, -0.05) is 41.1 Å². The first-order valence-corrected chi connectivity index (χ1v) is 7.80. The largest absolute Gasteiger partial charge is 0.305 e. The topological polar surface area (TPSA) is 29.9 Å². The summed E-state index contributed by atoms with van der Waals surface area (Å²) in [4.78, 5) is 0. The van der Waals surface area contributed by atoms with Crippen molar-refractivity contribution in [1.29, 1.82) is 0 Å². The molecule has 0 bridgehead atoms. The molecule has 3 nitrogen and oxygen atoms in total. The lowest BCUT2D eigenvalue weighted by Gasteiger charge is -2.21. The molecule has 0 spiro atoms. The highest BCUT2D eigenvalue weighted by Crippen LogP contribution is 2.33. The molecule has 0 aliphatic rings. The first kappa shape index (κ1) is 14.8. The molecule has 1 heterocycles. The number of aryl methyl sites for hydroxylation is 2. The van der Waals surface area contributed by atoms with Crippen molar-refractivity contribution in [3.05, 3.63) is 50.2 Å². The molecule has 0 aliphatic heterocycles. The Bertz CT molecular complexity index is 559. The fraction of sp³-hybridized carbons (Fsp3) is 0.357. The van der Waals surface area contributed by atoms with Gasteiger partial charge in [0.2, 0.25) is 0 Å². The Labute approximate surface area is 130 Å². The van der Waals surface area contributed by atoms with Crippen molar-refractivity contribution in [2.75, 3.05) is 6.54 Å². The third-order valence-corrected chi connectivity index (χ3v) is 4.85. The van der Waals surface area contributed by atoms with E-state index in [0.29, 0.717) is 0 Å². The summed E-state index contributed by atoms with van der Waals surface area (Å²) in [6.45, 7) is 5.11. The molecule has 0 radical (unpaired) electrons. The molecule has 0 saturated carbocycles. The molecule has 102 valence electrons. The third kappa shape index (κ3) is 2.93. The predicted octanol–water partition coefficient (Wildman–Crippen LogP) is 3.95. The number of hydrogen-bond donors (Lipinski definition) is 1. The molecule has 19 heavy (non-hydrogen) atoms. The van der Waals surface area contributed by atoms with Crippen LogP contribution in [0.1, 0.15) is 29.8 Å². The van der Waals surface area contributed by atoms with E-state index in [4.69, 9.17) is 0 Å². The average Bonchev–Trinajstić information content (AvgIpc) is 2.70. The van der Waals surface area contributed by atoms with E-state index < -0.39 is 0 Å². The maximum Gasteiger partial charge on any atom is 0.0770 e. The van der Waals surface area contributed by atoms with E-state index in [9.17, 15) is 0 Å². The van der Waals surface area contributed by atoms with Crippen LogP contribution in [0.25, 0.3) is 0 Å². The van der Waals surface area contributed by atoms with Crippen molar-refractivity contribution in [3.63, 3.8) is 0 Å². The van der Waals surface area contributed by atoms with Crippen LogP contribution in [0.4, 0.5) is 0 Å². The smallest absolute Gasteiger partial charge is 0.0770 e. The quantitative estimate of drug-likeness (QED) is 0.861. The monoisotopic (exact) mass is 385 g/mol. The molecule has 1 atom stereocenters. The minimum atomic E-state index is 0.112. The highest BCUT2D eigenvalue weighted by molar-refractivity contribution is 9.10. The van der Waals surface area contributed by atoms with Gasteiger partial charge in [-0.2, -0.15) is 5.10 Å². The summed E-state index contributed by atoms with van der Waals surface area (Å²) in [6, 6.07) is 6.45. The Morgan fingerprint density at radius 2 is 2.11 bits per heavy atom. The predicted molar refractivity (Wildman–Crippen MR) is 85.3 cm³/mol. The van der Waals surface area contributed by atoms with Crippen molar-refractivity contribution in [2.24, 2.45) is 7.05 Å². The van der Waals surface area contributed by atoms with Crippen LogP contribution in [0.3, 0.4) is 0 Å². The number of aromatic nitrogens is 2. The van der Waals surface area contributed by atoms with E-state index >= 15 is 0 Å². The molecule has 2 aromatic rings. The standard InChI is InChI=1S/C14H17Br2N3/c1-4-17-13(14-11(15)8-18-19(14)3)10-7-5-6-9(2)12(10)16/h5-8,13,17H,4H2,1-3H3. The van der Waals surface area contributed by atoms with E-state index in [1.165, 1.54) is 11.1 Å². The zero-order valence-electron chi connectivity index (χ0n) is 11.2. The summed E-state index contributed by atoms with van der Waals surface area (Å²) in [5.74, 6) is 0. The fourth-order valence-electron chi connectivity index (χ4n) is 2.20. The van der Waals surface area contributed by atoms with Gasteiger partial charge in [-0.05, 0) is 40.5 Å². The van der Waals surface area contributed by atoms with Gasteiger partial charge in [0.25, 0.3) is 0 Å². The molecule has 0 fully saturated rings. The molecule has 1 aromatic carbocycles. The van der Waals surface area contributed by atoms with Gasteiger partial charge in [0, 0.05) is 11.5 Å². The Morgan fingerprint density at radius 3 is 2.68 bits per heavy atom. The lowest BCUT2D eigenvalue weighted by molar-refractivity contribution is 0.569. The molecular formula is C14H17Br2N3. The van der Waals surface area contributed by atoms with E-state index in [-0.39, 0.29) is 6.04 Å². The molecule has 1 unspecified atom stereocenters. The normalized spacial score (nSPS) is 12.7. The van der Waals surface area contributed by atoms with Gasteiger partial charge in [-0.25, -0.2) is 0 Å². The van der Waals surface area contributed by atoms with Crippen molar-refractivity contribution in [3.8, 4) is 0 Å². The van der Waals surface area contributed by atoms with Crippen molar-refractivity contribution >= 4 is 31.9 Å². The first-order chi connectivity index (χ1) is 9.06. The van der Waals surface area contributed by atoms with Gasteiger partial charge < -0.3 is 5.32 Å². The number of benzene rings is 1. The molecule has 1 N–H and O–H groups in total.